The van der Waals surface area contributed by atoms with Gasteiger partial charge >= 0.3 is 0 Å². The van der Waals surface area contributed by atoms with Gasteiger partial charge in [-0.3, -0.25) is 20.4 Å². The zero-order valence-corrected chi connectivity index (χ0v) is 12.9. The van der Waals surface area contributed by atoms with Crippen LogP contribution >= 0.6 is 23.2 Å². The first kappa shape index (κ1) is 16.1. The van der Waals surface area contributed by atoms with Crippen molar-refractivity contribution in [2.45, 2.75) is 0 Å². The second-order valence-electron chi connectivity index (χ2n) is 4.28. The Morgan fingerprint density at radius 3 is 2.14 bits per heavy atom. The fourth-order valence-corrected chi connectivity index (χ4v) is 2.17. The van der Waals surface area contributed by atoms with Gasteiger partial charge in [0.15, 0.2) is 0 Å². The lowest BCUT2D eigenvalue weighted by molar-refractivity contribution is -0.117. The van der Waals surface area contributed by atoms with Crippen LogP contribution in [0.1, 0.15) is 15.9 Å². The lowest BCUT2D eigenvalue weighted by Crippen LogP contribution is -2.40. The minimum Gasteiger partial charge on any atom is -0.268 e. The molecule has 0 bridgehead atoms. The van der Waals surface area contributed by atoms with E-state index < -0.39 is 11.8 Å². The zero-order chi connectivity index (χ0) is 15.9. The first-order valence-corrected chi connectivity index (χ1v) is 7.11. The van der Waals surface area contributed by atoms with Crippen LogP contribution in [0.4, 0.5) is 0 Å². The van der Waals surface area contributed by atoms with Crippen LogP contribution in [0.3, 0.4) is 0 Å². The molecule has 22 heavy (non-hydrogen) atoms. The van der Waals surface area contributed by atoms with Gasteiger partial charge in [0.05, 0.1) is 0 Å². The summed E-state index contributed by atoms with van der Waals surface area (Å²) in [5.41, 5.74) is 5.57. The number of carbonyl (C=O) groups is 2. The SMILES string of the molecule is O=C(/C=C/c1c(Cl)cccc1Cl)NNC(=O)c1ccccc1. The molecule has 2 amide bonds. The van der Waals surface area contributed by atoms with E-state index in [1.165, 1.54) is 12.2 Å². The molecule has 0 heterocycles. The van der Waals surface area contributed by atoms with Crippen molar-refractivity contribution in [1.82, 2.24) is 10.9 Å². The molecule has 0 aliphatic carbocycles. The standard InChI is InChI=1S/C16H12Cl2N2O2/c17-13-7-4-8-14(18)12(13)9-10-15(21)19-20-16(22)11-5-2-1-3-6-11/h1-10H,(H,19,21)(H,20,22)/b10-9+. The summed E-state index contributed by atoms with van der Waals surface area (Å²) in [6.07, 6.45) is 2.72. The largest absolute Gasteiger partial charge is 0.269 e. The Kier molecular flexibility index (Phi) is 5.58. The molecule has 0 aromatic heterocycles. The summed E-state index contributed by atoms with van der Waals surface area (Å²) in [4.78, 5) is 23.4. The van der Waals surface area contributed by atoms with E-state index in [0.29, 0.717) is 21.2 Å². The van der Waals surface area contributed by atoms with Crippen LogP contribution in [-0.2, 0) is 4.79 Å². The summed E-state index contributed by atoms with van der Waals surface area (Å²) in [6.45, 7) is 0. The van der Waals surface area contributed by atoms with Crippen LogP contribution in [-0.4, -0.2) is 11.8 Å². The molecule has 0 aliphatic heterocycles. The number of nitrogens with one attached hydrogen (secondary N) is 2. The van der Waals surface area contributed by atoms with E-state index in [4.69, 9.17) is 23.2 Å². The molecule has 0 radical (unpaired) electrons. The molecule has 0 spiro atoms. The molecule has 0 atom stereocenters. The van der Waals surface area contributed by atoms with Gasteiger partial charge in [-0.2, -0.15) is 0 Å². The van der Waals surface area contributed by atoms with Crippen molar-refractivity contribution >= 4 is 41.1 Å². The number of halogens is 2. The Hall–Kier alpha value is -2.30. The van der Waals surface area contributed by atoms with Gasteiger partial charge in [-0.05, 0) is 30.3 Å². The van der Waals surface area contributed by atoms with Gasteiger partial charge in [-0.1, -0.05) is 47.5 Å². The number of hydrogen-bond acceptors (Lipinski definition) is 2. The summed E-state index contributed by atoms with van der Waals surface area (Å²) in [5.74, 6) is -0.904. The van der Waals surface area contributed by atoms with Crippen LogP contribution in [0.15, 0.2) is 54.6 Å². The van der Waals surface area contributed by atoms with Crippen LogP contribution in [0, 0.1) is 0 Å². The summed E-state index contributed by atoms with van der Waals surface area (Å²) >= 11 is 12.0. The summed E-state index contributed by atoms with van der Waals surface area (Å²) < 4.78 is 0. The molecule has 2 aromatic carbocycles. The molecule has 0 unspecified atom stereocenters. The average molecular weight is 335 g/mol. The van der Waals surface area contributed by atoms with Crippen LogP contribution in [0.25, 0.3) is 6.08 Å². The fraction of sp³-hybridized carbons (Fsp3) is 0. The van der Waals surface area contributed by atoms with E-state index in [1.54, 1.807) is 48.5 Å². The molecule has 0 saturated heterocycles. The lowest BCUT2D eigenvalue weighted by Gasteiger charge is -2.05. The van der Waals surface area contributed by atoms with E-state index in [9.17, 15) is 9.59 Å². The lowest BCUT2D eigenvalue weighted by atomic mass is 10.2. The van der Waals surface area contributed by atoms with Crippen molar-refractivity contribution in [1.29, 1.82) is 0 Å². The normalized spacial score (nSPS) is 10.5. The first-order chi connectivity index (χ1) is 10.6. The quantitative estimate of drug-likeness (QED) is 0.667. The Bertz CT molecular complexity index is 695. The van der Waals surface area contributed by atoms with Crippen molar-refractivity contribution < 1.29 is 9.59 Å². The third-order valence-corrected chi connectivity index (χ3v) is 3.40. The molecular weight excluding hydrogens is 323 g/mol. The van der Waals surface area contributed by atoms with E-state index in [-0.39, 0.29) is 0 Å². The van der Waals surface area contributed by atoms with E-state index in [0.717, 1.165) is 0 Å². The number of amides is 2. The number of carbonyl (C=O) groups excluding carboxylic acids is 2. The second kappa shape index (κ2) is 7.64. The average Bonchev–Trinajstić information content (AvgIpc) is 2.53. The van der Waals surface area contributed by atoms with Gasteiger partial charge in [0.25, 0.3) is 11.8 Å². The van der Waals surface area contributed by atoms with Gasteiger partial charge in [0.1, 0.15) is 0 Å². The van der Waals surface area contributed by atoms with Crippen molar-refractivity contribution in [3.63, 3.8) is 0 Å². The van der Waals surface area contributed by atoms with Crippen molar-refractivity contribution in [2.24, 2.45) is 0 Å². The maximum absolute atomic E-state index is 11.7. The molecule has 6 heteroatoms. The Labute approximate surface area is 137 Å². The van der Waals surface area contributed by atoms with Gasteiger partial charge in [0.2, 0.25) is 0 Å². The number of hydrogen-bond donors (Lipinski definition) is 2. The van der Waals surface area contributed by atoms with Crippen molar-refractivity contribution in [2.75, 3.05) is 0 Å². The van der Waals surface area contributed by atoms with Crippen molar-refractivity contribution in [3.8, 4) is 0 Å². The molecule has 2 rings (SSSR count). The third-order valence-electron chi connectivity index (χ3n) is 2.74. The highest BCUT2D eigenvalue weighted by Gasteiger charge is 2.05. The summed E-state index contributed by atoms with van der Waals surface area (Å²) in [7, 11) is 0. The predicted molar refractivity (Wildman–Crippen MR) is 87.5 cm³/mol. The van der Waals surface area contributed by atoms with Gasteiger partial charge in [-0.25, -0.2) is 0 Å². The molecule has 0 aliphatic rings. The smallest absolute Gasteiger partial charge is 0.268 e. The molecule has 4 nitrogen and oxygen atoms in total. The van der Waals surface area contributed by atoms with Crippen molar-refractivity contribution in [3.05, 3.63) is 75.8 Å². The third kappa shape index (κ3) is 4.35. The molecule has 0 saturated carbocycles. The Morgan fingerprint density at radius 2 is 1.50 bits per heavy atom. The molecule has 2 N–H and O–H groups in total. The molecule has 2 aromatic rings. The highest BCUT2D eigenvalue weighted by molar-refractivity contribution is 6.37. The fourth-order valence-electron chi connectivity index (χ4n) is 1.65. The van der Waals surface area contributed by atoms with Crippen LogP contribution < -0.4 is 10.9 Å². The summed E-state index contributed by atoms with van der Waals surface area (Å²) in [5, 5.41) is 0.870. The summed E-state index contributed by atoms with van der Waals surface area (Å²) in [6, 6.07) is 13.6. The molecule has 0 fully saturated rings. The maximum Gasteiger partial charge on any atom is 0.269 e. The number of hydrazine groups is 1. The van der Waals surface area contributed by atoms with E-state index >= 15 is 0 Å². The minimum absolute atomic E-state index is 0.405. The zero-order valence-electron chi connectivity index (χ0n) is 11.3. The van der Waals surface area contributed by atoms with Crippen LogP contribution in [0.2, 0.25) is 10.0 Å². The molecule has 112 valence electrons. The van der Waals surface area contributed by atoms with E-state index in [2.05, 4.69) is 10.9 Å². The Morgan fingerprint density at radius 1 is 0.864 bits per heavy atom. The van der Waals surface area contributed by atoms with Gasteiger partial charge < -0.3 is 0 Å². The highest BCUT2D eigenvalue weighted by atomic mass is 35.5. The predicted octanol–water partition coefficient (Wildman–Crippen LogP) is 3.47. The van der Waals surface area contributed by atoms with Crippen LogP contribution in [0.5, 0.6) is 0 Å². The van der Waals surface area contributed by atoms with Gasteiger partial charge in [0, 0.05) is 27.2 Å². The van der Waals surface area contributed by atoms with Gasteiger partial charge in [-0.15, -0.1) is 0 Å². The van der Waals surface area contributed by atoms with E-state index in [1.807, 2.05) is 0 Å². The topological polar surface area (TPSA) is 58.2 Å². The monoisotopic (exact) mass is 334 g/mol. The molecular formula is C16H12Cl2N2O2. The maximum atomic E-state index is 11.7. The Balaban J connectivity index is 1.93. The number of rotatable bonds is 3. The highest BCUT2D eigenvalue weighted by Crippen LogP contribution is 2.25. The first-order valence-electron chi connectivity index (χ1n) is 6.35. The number of benzene rings is 2. The minimum atomic E-state index is -0.500. The second-order valence-corrected chi connectivity index (χ2v) is 5.09.